The van der Waals surface area contributed by atoms with Crippen LogP contribution < -0.4 is 5.32 Å². The summed E-state index contributed by atoms with van der Waals surface area (Å²) >= 11 is 15.0. The fourth-order valence-corrected chi connectivity index (χ4v) is 2.52. The van der Waals surface area contributed by atoms with Crippen LogP contribution in [0.5, 0.6) is 0 Å². The molecule has 1 N–H and O–H groups in total. The maximum absolute atomic E-state index is 11.9. The average Bonchev–Trinajstić information content (AvgIpc) is 2.51. The van der Waals surface area contributed by atoms with Crippen molar-refractivity contribution in [1.29, 1.82) is 0 Å². The van der Waals surface area contributed by atoms with E-state index in [1.807, 2.05) is 6.92 Å². The van der Waals surface area contributed by atoms with Gasteiger partial charge in [-0.15, -0.1) is 0 Å². The smallest absolute Gasteiger partial charge is 0.338 e. The Balaban J connectivity index is 1.94. The molecule has 0 aliphatic carbocycles. The van der Waals surface area contributed by atoms with Crippen molar-refractivity contribution < 1.29 is 14.3 Å². The quantitative estimate of drug-likeness (QED) is 0.724. The number of hydrogen-bond acceptors (Lipinski definition) is 3. The van der Waals surface area contributed by atoms with Crippen molar-refractivity contribution in [3.8, 4) is 0 Å². The molecular formula is C16H12BrCl2NO3. The van der Waals surface area contributed by atoms with Gasteiger partial charge in [-0.05, 0) is 64.8 Å². The molecule has 0 bridgehead atoms. The Kier molecular flexibility index (Phi) is 6.04. The van der Waals surface area contributed by atoms with Gasteiger partial charge >= 0.3 is 5.97 Å². The second-order valence-electron chi connectivity index (χ2n) is 4.71. The molecule has 0 unspecified atom stereocenters. The number of nitrogens with one attached hydrogen (secondary N) is 1. The zero-order valence-corrected chi connectivity index (χ0v) is 15.1. The molecule has 120 valence electrons. The molecule has 0 radical (unpaired) electrons. The van der Waals surface area contributed by atoms with Crippen LogP contribution in [0.4, 0.5) is 5.69 Å². The summed E-state index contributed by atoms with van der Waals surface area (Å²) in [7, 11) is 0. The number of hydrogen-bond donors (Lipinski definition) is 1. The SMILES string of the molecule is Cc1cc(Br)c(Cl)cc1NC(=O)COC(=O)c1ccc(Cl)cc1. The van der Waals surface area contributed by atoms with E-state index in [0.29, 0.717) is 21.3 Å². The number of esters is 1. The number of amides is 1. The Hall–Kier alpha value is -1.56. The van der Waals surface area contributed by atoms with E-state index in [4.69, 9.17) is 27.9 Å². The van der Waals surface area contributed by atoms with Crippen molar-refractivity contribution >= 4 is 56.7 Å². The molecular weight excluding hydrogens is 405 g/mol. The number of benzene rings is 2. The predicted octanol–water partition coefficient (Wildman–Crippen LogP) is 4.86. The van der Waals surface area contributed by atoms with Crippen LogP contribution in [0.2, 0.25) is 10.0 Å². The molecule has 0 aromatic heterocycles. The minimum absolute atomic E-state index is 0.324. The van der Waals surface area contributed by atoms with E-state index in [-0.39, 0.29) is 0 Å². The van der Waals surface area contributed by atoms with Crippen LogP contribution in [0.3, 0.4) is 0 Å². The highest BCUT2D eigenvalue weighted by Gasteiger charge is 2.12. The van der Waals surface area contributed by atoms with Crippen LogP contribution in [-0.2, 0) is 9.53 Å². The fourth-order valence-electron chi connectivity index (χ4n) is 1.77. The van der Waals surface area contributed by atoms with Crippen LogP contribution in [-0.4, -0.2) is 18.5 Å². The summed E-state index contributed by atoms with van der Waals surface area (Å²) in [6, 6.07) is 9.62. The van der Waals surface area contributed by atoms with Crippen molar-refractivity contribution in [2.45, 2.75) is 6.92 Å². The Bertz CT molecular complexity index is 748. The number of carbonyl (C=O) groups excluding carboxylic acids is 2. The summed E-state index contributed by atoms with van der Waals surface area (Å²) in [6.45, 7) is 1.44. The van der Waals surface area contributed by atoms with Crippen LogP contribution in [0.15, 0.2) is 40.9 Å². The third-order valence-electron chi connectivity index (χ3n) is 2.96. The Morgan fingerprint density at radius 2 is 1.83 bits per heavy atom. The molecule has 2 rings (SSSR count). The van der Waals surface area contributed by atoms with Crippen LogP contribution in [0.1, 0.15) is 15.9 Å². The maximum Gasteiger partial charge on any atom is 0.338 e. The molecule has 0 saturated carbocycles. The van der Waals surface area contributed by atoms with Gasteiger partial charge in [0.25, 0.3) is 5.91 Å². The summed E-state index contributed by atoms with van der Waals surface area (Å²) in [6.07, 6.45) is 0. The van der Waals surface area contributed by atoms with Crippen molar-refractivity contribution in [3.05, 3.63) is 62.0 Å². The number of halogens is 3. The zero-order valence-electron chi connectivity index (χ0n) is 12.0. The molecule has 0 saturated heterocycles. The van der Waals surface area contributed by atoms with Crippen molar-refractivity contribution in [1.82, 2.24) is 0 Å². The van der Waals surface area contributed by atoms with Gasteiger partial charge in [-0.1, -0.05) is 23.2 Å². The van der Waals surface area contributed by atoms with Gasteiger partial charge in [-0.25, -0.2) is 4.79 Å². The Labute approximate surface area is 151 Å². The summed E-state index contributed by atoms with van der Waals surface area (Å²) in [4.78, 5) is 23.7. The van der Waals surface area contributed by atoms with Crippen LogP contribution in [0.25, 0.3) is 0 Å². The first-order valence-corrected chi connectivity index (χ1v) is 8.10. The summed E-state index contributed by atoms with van der Waals surface area (Å²) in [5, 5.41) is 3.64. The molecule has 1 amide bonds. The van der Waals surface area contributed by atoms with Crippen LogP contribution in [0, 0.1) is 6.92 Å². The zero-order chi connectivity index (χ0) is 17.0. The van der Waals surface area contributed by atoms with E-state index in [0.717, 1.165) is 10.0 Å². The van der Waals surface area contributed by atoms with Crippen LogP contribution >= 0.6 is 39.1 Å². The molecule has 2 aromatic carbocycles. The van der Waals surface area contributed by atoms with Crippen molar-refractivity contribution in [3.63, 3.8) is 0 Å². The predicted molar refractivity (Wildman–Crippen MR) is 94.3 cm³/mol. The van der Waals surface area contributed by atoms with E-state index in [1.54, 1.807) is 24.3 Å². The number of rotatable bonds is 4. The third kappa shape index (κ3) is 4.96. The molecule has 0 spiro atoms. The third-order valence-corrected chi connectivity index (χ3v) is 4.40. The van der Waals surface area contributed by atoms with Gasteiger partial charge in [0.05, 0.1) is 10.6 Å². The number of carbonyl (C=O) groups is 2. The Morgan fingerprint density at radius 3 is 2.48 bits per heavy atom. The molecule has 0 heterocycles. The van der Waals surface area contributed by atoms with E-state index < -0.39 is 18.5 Å². The van der Waals surface area contributed by atoms with E-state index in [1.165, 1.54) is 12.1 Å². The second kappa shape index (κ2) is 7.81. The second-order valence-corrected chi connectivity index (χ2v) is 6.41. The standard InChI is InChI=1S/C16H12BrCl2NO3/c1-9-6-12(17)13(19)7-14(9)20-15(21)8-23-16(22)10-2-4-11(18)5-3-10/h2-7H,8H2,1H3,(H,20,21). The lowest BCUT2D eigenvalue weighted by Gasteiger charge is -2.10. The highest BCUT2D eigenvalue weighted by atomic mass is 79.9. The largest absolute Gasteiger partial charge is 0.452 e. The lowest BCUT2D eigenvalue weighted by molar-refractivity contribution is -0.119. The Morgan fingerprint density at radius 1 is 1.17 bits per heavy atom. The molecule has 7 heteroatoms. The topological polar surface area (TPSA) is 55.4 Å². The molecule has 0 aliphatic rings. The maximum atomic E-state index is 11.9. The molecule has 4 nitrogen and oxygen atoms in total. The number of aryl methyl sites for hydroxylation is 1. The van der Waals surface area contributed by atoms with E-state index in [9.17, 15) is 9.59 Å². The van der Waals surface area contributed by atoms with Crippen molar-refractivity contribution in [2.24, 2.45) is 0 Å². The minimum atomic E-state index is -0.595. The molecule has 0 fully saturated rings. The molecule has 0 aliphatic heterocycles. The highest BCUT2D eigenvalue weighted by molar-refractivity contribution is 9.10. The van der Waals surface area contributed by atoms with Gasteiger partial charge in [0.1, 0.15) is 0 Å². The van der Waals surface area contributed by atoms with Gasteiger partial charge < -0.3 is 10.1 Å². The molecule has 23 heavy (non-hydrogen) atoms. The minimum Gasteiger partial charge on any atom is -0.452 e. The molecule has 2 aromatic rings. The first-order chi connectivity index (χ1) is 10.9. The van der Waals surface area contributed by atoms with Gasteiger partial charge in [0.2, 0.25) is 0 Å². The lowest BCUT2D eigenvalue weighted by Crippen LogP contribution is -2.21. The fraction of sp³-hybridized carbons (Fsp3) is 0.125. The van der Waals surface area contributed by atoms with Gasteiger partial charge in [-0.2, -0.15) is 0 Å². The summed E-state index contributed by atoms with van der Waals surface area (Å²) in [5.41, 5.74) is 1.72. The van der Waals surface area contributed by atoms with Crippen molar-refractivity contribution in [2.75, 3.05) is 11.9 Å². The van der Waals surface area contributed by atoms with E-state index in [2.05, 4.69) is 21.2 Å². The number of anilines is 1. The average molecular weight is 417 g/mol. The molecule has 0 atom stereocenters. The normalized spacial score (nSPS) is 10.3. The van der Waals surface area contributed by atoms with Gasteiger partial charge in [-0.3, -0.25) is 4.79 Å². The monoisotopic (exact) mass is 415 g/mol. The van der Waals surface area contributed by atoms with Gasteiger partial charge in [0.15, 0.2) is 6.61 Å². The summed E-state index contributed by atoms with van der Waals surface area (Å²) < 4.78 is 5.70. The summed E-state index contributed by atoms with van der Waals surface area (Å²) in [5.74, 6) is -1.05. The first kappa shape index (κ1) is 17.8. The number of ether oxygens (including phenoxy) is 1. The van der Waals surface area contributed by atoms with E-state index >= 15 is 0 Å². The highest BCUT2D eigenvalue weighted by Crippen LogP contribution is 2.28. The first-order valence-electron chi connectivity index (χ1n) is 6.55. The lowest BCUT2D eigenvalue weighted by atomic mass is 10.2. The van der Waals surface area contributed by atoms with Gasteiger partial charge in [0, 0.05) is 15.2 Å².